The Morgan fingerprint density at radius 3 is 2.29 bits per heavy atom. The van der Waals surface area contributed by atoms with Gasteiger partial charge >= 0.3 is 0 Å². The van der Waals surface area contributed by atoms with Crippen molar-refractivity contribution in [3.05, 3.63) is 69.6 Å². The lowest BCUT2D eigenvalue weighted by atomic mass is 10.0. The van der Waals surface area contributed by atoms with Crippen molar-refractivity contribution in [2.75, 3.05) is 0 Å². The summed E-state index contributed by atoms with van der Waals surface area (Å²) in [5, 5.41) is 0.485. The number of furan rings is 1. The van der Waals surface area contributed by atoms with E-state index in [2.05, 4.69) is 15.9 Å². The molecule has 0 fully saturated rings. The van der Waals surface area contributed by atoms with E-state index in [4.69, 9.17) is 10.2 Å². The number of halogens is 4. The van der Waals surface area contributed by atoms with Gasteiger partial charge in [-0.15, -0.1) is 0 Å². The Labute approximate surface area is 126 Å². The van der Waals surface area contributed by atoms with Crippen LogP contribution in [0.5, 0.6) is 0 Å². The first-order valence-corrected chi connectivity index (χ1v) is 6.84. The highest BCUT2D eigenvalue weighted by Gasteiger charge is 2.23. The smallest absolute Gasteiger partial charge is 0.169 e. The molecule has 2 N–H and O–H groups in total. The molecular weight excluding hydrogens is 347 g/mol. The van der Waals surface area contributed by atoms with Gasteiger partial charge in [0, 0.05) is 15.4 Å². The molecule has 3 rings (SSSR count). The van der Waals surface area contributed by atoms with Gasteiger partial charge in [-0.05, 0) is 24.3 Å². The lowest BCUT2D eigenvalue weighted by Crippen LogP contribution is -2.15. The molecule has 1 heterocycles. The summed E-state index contributed by atoms with van der Waals surface area (Å²) >= 11 is 3.00. The summed E-state index contributed by atoms with van der Waals surface area (Å²) < 4.78 is 47.0. The fourth-order valence-corrected chi connectivity index (χ4v) is 2.60. The van der Waals surface area contributed by atoms with E-state index in [0.717, 1.165) is 12.1 Å². The fraction of sp³-hybridized carbons (Fsp3) is 0.0667. The van der Waals surface area contributed by atoms with E-state index in [1.54, 1.807) is 6.07 Å². The van der Waals surface area contributed by atoms with E-state index in [1.807, 2.05) is 0 Å². The molecule has 0 bridgehead atoms. The van der Waals surface area contributed by atoms with E-state index < -0.39 is 23.5 Å². The highest BCUT2D eigenvalue weighted by Crippen LogP contribution is 2.31. The topological polar surface area (TPSA) is 39.2 Å². The molecule has 2 nitrogen and oxygen atoms in total. The van der Waals surface area contributed by atoms with Crippen molar-refractivity contribution < 1.29 is 17.6 Å². The standard InChI is InChI=1S/C15H9BrF3NO/c16-8-5-10(18)13(11(19)6-8)14(20)12-4-7-2-1-3-9(17)15(7)21-12/h1-6,14H,20H2. The lowest BCUT2D eigenvalue weighted by Gasteiger charge is -2.11. The van der Waals surface area contributed by atoms with Crippen molar-refractivity contribution in [3.63, 3.8) is 0 Å². The zero-order chi connectivity index (χ0) is 15.1. The van der Waals surface area contributed by atoms with Gasteiger partial charge in [0.05, 0.1) is 6.04 Å². The number of para-hydroxylation sites is 1. The summed E-state index contributed by atoms with van der Waals surface area (Å²) in [5.74, 6) is -2.05. The van der Waals surface area contributed by atoms with Gasteiger partial charge in [0.2, 0.25) is 0 Å². The average Bonchev–Trinajstić information content (AvgIpc) is 2.82. The van der Waals surface area contributed by atoms with Crippen molar-refractivity contribution in [2.24, 2.45) is 5.73 Å². The SMILES string of the molecule is NC(c1cc2cccc(F)c2o1)c1c(F)cc(Br)cc1F. The normalized spacial score (nSPS) is 12.8. The minimum absolute atomic E-state index is 0.0147. The van der Waals surface area contributed by atoms with Gasteiger partial charge in [0.15, 0.2) is 11.4 Å². The van der Waals surface area contributed by atoms with Gasteiger partial charge in [-0.3, -0.25) is 0 Å². The van der Waals surface area contributed by atoms with Gasteiger partial charge < -0.3 is 10.2 Å². The number of hydrogen-bond acceptors (Lipinski definition) is 2. The predicted octanol–water partition coefficient (Wildman–Crippen LogP) is 4.66. The number of rotatable bonds is 2. The maximum atomic E-state index is 13.9. The molecule has 2 aromatic carbocycles. The summed E-state index contributed by atoms with van der Waals surface area (Å²) in [5.41, 5.74) is 5.56. The van der Waals surface area contributed by atoms with Gasteiger partial charge in [-0.2, -0.15) is 0 Å². The van der Waals surface area contributed by atoms with Gasteiger partial charge in [-0.25, -0.2) is 13.2 Å². The third kappa shape index (κ3) is 2.45. The first kappa shape index (κ1) is 14.2. The molecule has 0 aliphatic carbocycles. The first-order valence-electron chi connectivity index (χ1n) is 6.05. The van der Waals surface area contributed by atoms with Crippen molar-refractivity contribution >= 4 is 26.9 Å². The second-order valence-corrected chi connectivity index (χ2v) is 5.48. The molecule has 1 unspecified atom stereocenters. The molecule has 0 amide bonds. The highest BCUT2D eigenvalue weighted by molar-refractivity contribution is 9.10. The minimum Gasteiger partial charge on any atom is -0.456 e. The average molecular weight is 356 g/mol. The van der Waals surface area contributed by atoms with E-state index in [0.29, 0.717) is 5.39 Å². The van der Waals surface area contributed by atoms with Crippen LogP contribution in [0.4, 0.5) is 13.2 Å². The number of hydrogen-bond donors (Lipinski definition) is 1. The van der Waals surface area contributed by atoms with Crippen LogP contribution < -0.4 is 5.73 Å². The summed E-state index contributed by atoms with van der Waals surface area (Å²) in [6, 6.07) is 6.93. The van der Waals surface area contributed by atoms with Crippen LogP contribution in [0, 0.1) is 17.5 Å². The third-order valence-electron chi connectivity index (χ3n) is 3.18. The van der Waals surface area contributed by atoms with Crippen LogP contribution in [0.1, 0.15) is 17.4 Å². The quantitative estimate of drug-likeness (QED) is 0.725. The molecule has 21 heavy (non-hydrogen) atoms. The van der Waals surface area contributed by atoms with Crippen LogP contribution in [0.25, 0.3) is 11.0 Å². The molecule has 1 atom stereocenters. The summed E-state index contributed by atoms with van der Waals surface area (Å²) in [4.78, 5) is 0. The molecule has 0 radical (unpaired) electrons. The Bertz CT molecular complexity index is 808. The van der Waals surface area contributed by atoms with Crippen molar-refractivity contribution in [3.8, 4) is 0 Å². The summed E-state index contributed by atoms with van der Waals surface area (Å²) in [6.07, 6.45) is 0. The van der Waals surface area contributed by atoms with E-state index >= 15 is 0 Å². The largest absolute Gasteiger partial charge is 0.456 e. The monoisotopic (exact) mass is 355 g/mol. The Morgan fingerprint density at radius 1 is 1.00 bits per heavy atom. The minimum atomic E-state index is -1.16. The number of benzene rings is 2. The van der Waals surface area contributed by atoms with Crippen LogP contribution in [-0.2, 0) is 0 Å². The Balaban J connectivity index is 2.12. The molecule has 6 heteroatoms. The van der Waals surface area contributed by atoms with Gasteiger partial charge in [0.25, 0.3) is 0 Å². The lowest BCUT2D eigenvalue weighted by molar-refractivity contribution is 0.476. The van der Waals surface area contributed by atoms with E-state index in [-0.39, 0.29) is 21.4 Å². The molecule has 108 valence electrons. The second-order valence-electron chi connectivity index (χ2n) is 4.57. The first-order chi connectivity index (χ1) is 9.97. The second kappa shape index (κ2) is 5.20. The molecular formula is C15H9BrF3NO. The Kier molecular flexibility index (Phi) is 3.51. The molecule has 0 aliphatic rings. The molecule has 0 aliphatic heterocycles. The zero-order valence-corrected chi connectivity index (χ0v) is 12.1. The van der Waals surface area contributed by atoms with Crippen molar-refractivity contribution in [1.29, 1.82) is 0 Å². The molecule has 0 spiro atoms. The molecule has 0 saturated heterocycles. The summed E-state index contributed by atoms with van der Waals surface area (Å²) in [7, 11) is 0. The number of fused-ring (bicyclic) bond motifs is 1. The predicted molar refractivity (Wildman–Crippen MR) is 76.3 cm³/mol. The van der Waals surface area contributed by atoms with E-state index in [9.17, 15) is 13.2 Å². The van der Waals surface area contributed by atoms with Crippen LogP contribution in [0.3, 0.4) is 0 Å². The van der Waals surface area contributed by atoms with Gasteiger partial charge in [0.1, 0.15) is 17.4 Å². The molecule has 0 saturated carbocycles. The Hall–Kier alpha value is -1.79. The van der Waals surface area contributed by atoms with Crippen molar-refractivity contribution in [2.45, 2.75) is 6.04 Å². The maximum Gasteiger partial charge on any atom is 0.169 e. The van der Waals surface area contributed by atoms with Crippen LogP contribution in [0.15, 0.2) is 45.3 Å². The van der Waals surface area contributed by atoms with E-state index in [1.165, 1.54) is 18.2 Å². The maximum absolute atomic E-state index is 13.9. The zero-order valence-electron chi connectivity index (χ0n) is 10.5. The number of nitrogens with two attached hydrogens (primary N) is 1. The Morgan fingerprint density at radius 2 is 1.67 bits per heavy atom. The third-order valence-corrected chi connectivity index (χ3v) is 3.63. The van der Waals surface area contributed by atoms with Crippen LogP contribution in [0.2, 0.25) is 0 Å². The highest BCUT2D eigenvalue weighted by atomic mass is 79.9. The fourth-order valence-electron chi connectivity index (χ4n) is 2.19. The summed E-state index contributed by atoms with van der Waals surface area (Å²) in [6.45, 7) is 0. The van der Waals surface area contributed by atoms with Gasteiger partial charge in [-0.1, -0.05) is 28.1 Å². The molecule has 1 aromatic heterocycles. The van der Waals surface area contributed by atoms with Crippen molar-refractivity contribution in [1.82, 2.24) is 0 Å². The molecule has 3 aromatic rings. The van der Waals surface area contributed by atoms with Crippen LogP contribution >= 0.6 is 15.9 Å². The van der Waals surface area contributed by atoms with Crippen LogP contribution in [-0.4, -0.2) is 0 Å².